The van der Waals surface area contributed by atoms with Crippen molar-refractivity contribution in [2.24, 2.45) is 0 Å². The molecule has 0 aliphatic heterocycles. The van der Waals surface area contributed by atoms with Crippen LogP contribution in [0.4, 0.5) is 22.7 Å². The molecule has 0 aromatic heterocycles. The van der Waals surface area contributed by atoms with Gasteiger partial charge in [-0.2, -0.15) is 0 Å². The van der Waals surface area contributed by atoms with Crippen molar-refractivity contribution >= 4 is 69.2 Å². The molecule has 0 radical (unpaired) electrons. The van der Waals surface area contributed by atoms with Gasteiger partial charge in [-0.05, 0) is 70.8 Å². The van der Waals surface area contributed by atoms with Gasteiger partial charge < -0.3 is 22.9 Å². The zero-order chi connectivity index (χ0) is 24.6. The quantitative estimate of drug-likeness (QED) is 0.199. The van der Waals surface area contributed by atoms with Crippen molar-refractivity contribution < 1.29 is 0 Å². The smallest absolute Gasteiger partial charge is 0.0638 e. The molecule has 8 heteroatoms. The number of hydrogen-bond donors (Lipinski definition) is 4. The Bertz CT molecular complexity index is 1170. The molecule has 4 aromatic rings. The summed E-state index contributed by atoms with van der Waals surface area (Å²) in [5.74, 6) is -0.508. The molecule has 4 aromatic carbocycles. The van der Waals surface area contributed by atoms with Crippen molar-refractivity contribution in [1.29, 1.82) is 0 Å². The fourth-order valence-corrected chi connectivity index (χ4v) is 4.86. The van der Waals surface area contributed by atoms with Gasteiger partial charge in [-0.25, -0.2) is 0 Å². The summed E-state index contributed by atoms with van der Waals surface area (Å²) in [6.07, 6.45) is 0. The monoisotopic (exact) mass is 530 g/mol. The maximum atomic E-state index is 6.44. The zero-order valence-electron chi connectivity index (χ0n) is 17.9. The van der Waals surface area contributed by atoms with E-state index in [1.54, 1.807) is 24.3 Å². The standard InChI is InChI=1S/C26H22Cl4N4/c27-17-9-13(1-5-21(17)31)25(14-2-6-22(32)18(28)10-14)26(15-3-7-23(33)19(29)11-15)16-4-8-24(34)20(30)12-16/h1-12,25-26H,31-34H2. The summed E-state index contributed by atoms with van der Waals surface area (Å²) in [7, 11) is 0. The lowest BCUT2D eigenvalue weighted by molar-refractivity contribution is 0.694. The lowest BCUT2D eigenvalue weighted by Gasteiger charge is -2.30. The van der Waals surface area contributed by atoms with Crippen LogP contribution < -0.4 is 22.9 Å². The van der Waals surface area contributed by atoms with Gasteiger partial charge in [0.2, 0.25) is 0 Å². The first-order chi connectivity index (χ1) is 16.2. The highest BCUT2D eigenvalue weighted by Crippen LogP contribution is 2.46. The molecule has 0 unspecified atom stereocenters. The van der Waals surface area contributed by atoms with E-state index >= 15 is 0 Å². The summed E-state index contributed by atoms with van der Waals surface area (Å²) in [4.78, 5) is 0. The molecular weight excluding hydrogens is 510 g/mol. The molecule has 4 nitrogen and oxygen atoms in total. The van der Waals surface area contributed by atoms with E-state index in [4.69, 9.17) is 69.3 Å². The third kappa shape index (κ3) is 4.86. The molecule has 0 fully saturated rings. The molecule has 4 rings (SSSR count). The number of hydrogen-bond acceptors (Lipinski definition) is 4. The molecule has 174 valence electrons. The lowest BCUT2D eigenvalue weighted by atomic mass is 9.73. The van der Waals surface area contributed by atoms with E-state index < -0.39 is 0 Å². The number of halogens is 4. The van der Waals surface area contributed by atoms with Crippen molar-refractivity contribution in [2.45, 2.75) is 11.8 Å². The molecule has 0 spiro atoms. The molecule has 0 heterocycles. The van der Waals surface area contributed by atoms with Crippen molar-refractivity contribution in [3.63, 3.8) is 0 Å². The topological polar surface area (TPSA) is 104 Å². The van der Waals surface area contributed by atoms with Crippen LogP contribution >= 0.6 is 46.4 Å². The molecular formula is C26H22Cl4N4. The van der Waals surface area contributed by atoms with Gasteiger partial charge in [0.25, 0.3) is 0 Å². The summed E-state index contributed by atoms with van der Waals surface area (Å²) in [6.45, 7) is 0. The van der Waals surface area contributed by atoms with Gasteiger partial charge in [-0.1, -0.05) is 70.7 Å². The Kier molecular flexibility index (Phi) is 7.06. The van der Waals surface area contributed by atoms with Gasteiger partial charge >= 0.3 is 0 Å². The number of anilines is 4. The SMILES string of the molecule is Nc1ccc(C(c2ccc(N)c(Cl)c2)C(c2ccc(N)c(Cl)c2)c2ccc(N)c(Cl)c2)cc1Cl. The second kappa shape index (κ2) is 9.85. The summed E-state index contributed by atoms with van der Waals surface area (Å²) < 4.78 is 0. The molecule has 34 heavy (non-hydrogen) atoms. The molecule has 0 bridgehead atoms. The van der Waals surface area contributed by atoms with Crippen LogP contribution in [-0.2, 0) is 0 Å². The van der Waals surface area contributed by atoms with Gasteiger partial charge in [-0.3, -0.25) is 0 Å². The third-order valence-corrected chi connectivity index (χ3v) is 7.18. The highest BCUT2D eigenvalue weighted by molar-refractivity contribution is 6.34. The Morgan fingerprint density at radius 3 is 0.765 bits per heavy atom. The van der Waals surface area contributed by atoms with Crippen molar-refractivity contribution in [3.05, 3.63) is 115 Å². The average molecular weight is 532 g/mol. The van der Waals surface area contributed by atoms with E-state index in [-0.39, 0.29) is 11.8 Å². The number of nitrogen functional groups attached to an aromatic ring is 4. The van der Waals surface area contributed by atoms with Crippen LogP contribution in [0.25, 0.3) is 0 Å². The van der Waals surface area contributed by atoms with Gasteiger partial charge in [0.1, 0.15) is 0 Å². The molecule has 0 saturated carbocycles. The summed E-state index contributed by atoms with van der Waals surface area (Å²) >= 11 is 25.8. The first-order valence-corrected chi connectivity index (χ1v) is 11.9. The second-order valence-electron chi connectivity index (χ2n) is 8.08. The Morgan fingerprint density at radius 1 is 0.382 bits per heavy atom. The third-order valence-electron chi connectivity index (χ3n) is 5.87. The molecule has 0 atom stereocenters. The van der Waals surface area contributed by atoms with E-state index in [9.17, 15) is 0 Å². The normalized spacial score (nSPS) is 11.4. The minimum Gasteiger partial charge on any atom is -0.398 e. The fraction of sp³-hybridized carbons (Fsp3) is 0.0769. The number of benzene rings is 4. The largest absolute Gasteiger partial charge is 0.398 e. The lowest BCUT2D eigenvalue weighted by Crippen LogP contribution is -2.16. The minimum absolute atomic E-state index is 0.254. The zero-order valence-corrected chi connectivity index (χ0v) is 20.9. The van der Waals surface area contributed by atoms with Gasteiger partial charge in [0, 0.05) is 11.8 Å². The Labute approximate surface area is 218 Å². The summed E-state index contributed by atoms with van der Waals surface area (Å²) in [5.41, 5.74) is 29.7. The van der Waals surface area contributed by atoms with E-state index in [1.165, 1.54) is 0 Å². The first kappa shape index (κ1) is 24.4. The molecule has 0 amide bonds. The fourth-order valence-electron chi connectivity index (χ4n) is 4.10. The van der Waals surface area contributed by atoms with Crippen LogP contribution in [0.2, 0.25) is 20.1 Å². The van der Waals surface area contributed by atoms with E-state index in [0.717, 1.165) is 22.3 Å². The molecule has 0 aliphatic rings. The Morgan fingerprint density at radius 2 is 0.588 bits per heavy atom. The van der Waals surface area contributed by atoms with Crippen LogP contribution in [0.1, 0.15) is 34.1 Å². The minimum atomic E-state index is -0.254. The van der Waals surface area contributed by atoms with E-state index in [0.29, 0.717) is 42.8 Å². The van der Waals surface area contributed by atoms with Gasteiger partial charge in [0.15, 0.2) is 0 Å². The Hall–Kier alpha value is -2.76. The van der Waals surface area contributed by atoms with Crippen LogP contribution in [0.15, 0.2) is 72.8 Å². The summed E-state index contributed by atoms with van der Waals surface area (Å²) in [5, 5.41) is 1.81. The Balaban J connectivity index is 2.03. The van der Waals surface area contributed by atoms with E-state index in [1.807, 2.05) is 48.5 Å². The molecule has 8 N–H and O–H groups in total. The average Bonchev–Trinajstić information content (AvgIpc) is 2.80. The van der Waals surface area contributed by atoms with Crippen LogP contribution in [0, 0.1) is 0 Å². The second-order valence-corrected chi connectivity index (χ2v) is 9.71. The molecule has 0 saturated heterocycles. The molecule has 0 aliphatic carbocycles. The predicted octanol–water partition coefficient (Wildman–Crippen LogP) is 7.59. The van der Waals surface area contributed by atoms with E-state index in [2.05, 4.69) is 0 Å². The maximum absolute atomic E-state index is 6.44. The van der Waals surface area contributed by atoms with Crippen LogP contribution in [0.3, 0.4) is 0 Å². The van der Waals surface area contributed by atoms with Crippen LogP contribution in [0.5, 0.6) is 0 Å². The number of rotatable bonds is 5. The van der Waals surface area contributed by atoms with Crippen molar-refractivity contribution in [2.75, 3.05) is 22.9 Å². The highest BCUT2D eigenvalue weighted by Gasteiger charge is 2.30. The highest BCUT2D eigenvalue weighted by atomic mass is 35.5. The first-order valence-electron chi connectivity index (χ1n) is 10.4. The summed E-state index contributed by atoms with van der Waals surface area (Å²) in [6, 6.07) is 22.3. The van der Waals surface area contributed by atoms with Gasteiger partial charge in [0.05, 0.1) is 42.8 Å². The number of nitrogens with two attached hydrogens (primary N) is 4. The van der Waals surface area contributed by atoms with Gasteiger partial charge in [-0.15, -0.1) is 0 Å². The van der Waals surface area contributed by atoms with Crippen molar-refractivity contribution in [3.8, 4) is 0 Å². The van der Waals surface area contributed by atoms with Crippen LogP contribution in [-0.4, -0.2) is 0 Å². The predicted molar refractivity (Wildman–Crippen MR) is 147 cm³/mol. The van der Waals surface area contributed by atoms with Crippen molar-refractivity contribution in [1.82, 2.24) is 0 Å². The maximum Gasteiger partial charge on any atom is 0.0638 e.